The fourth-order valence-electron chi connectivity index (χ4n) is 1.15. The quantitative estimate of drug-likeness (QED) is 0.861. The Balaban J connectivity index is 3.16. The highest BCUT2D eigenvalue weighted by atomic mass is 79.9. The van der Waals surface area contributed by atoms with Gasteiger partial charge in [-0.2, -0.15) is 0 Å². The number of carbonyl (C=O) groups excluding carboxylic acids is 1. The first-order valence-electron chi connectivity index (χ1n) is 4.97. The first-order chi connectivity index (χ1) is 8.62. The minimum atomic E-state index is -4.01. The molecule has 0 unspecified atom stereocenters. The number of carbonyl (C=O) groups is 1. The highest BCUT2D eigenvalue weighted by molar-refractivity contribution is 9.10. The lowest BCUT2D eigenvalue weighted by atomic mass is 10.3. The van der Waals surface area contributed by atoms with Gasteiger partial charge >= 0.3 is 0 Å². The Kier molecular flexibility index (Phi) is 5.19. The van der Waals surface area contributed by atoms with Crippen LogP contribution in [0.4, 0.5) is 0 Å². The molecular weight excluding hydrogens is 360 g/mol. The second-order valence-electron chi connectivity index (χ2n) is 3.84. The lowest BCUT2D eigenvalue weighted by molar-refractivity contribution is -0.130. The van der Waals surface area contributed by atoms with Gasteiger partial charge in [0.05, 0.1) is 5.02 Å². The summed E-state index contributed by atoms with van der Waals surface area (Å²) in [6, 6.07) is 2.71. The van der Waals surface area contributed by atoms with Crippen molar-refractivity contribution in [3.05, 3.63) is 21.6 Å². The number of primary sulfonamides is 1. The van der Waals surface area contributed by atoms with Crippen LogP contribution in [0.25, 0.3) is 0 Å². The molecule has 0 spiro atoms. The molecule has 0 heterocycles. The maximum Gasteiger partial charge on any atom is 0.259 e. The third-order valence-corrected chi connectivity index (χ3v) is 3.77. The highest BCUT2D eigenvalue weighted by Gasteiger charge is 2.20. The van der Waals surface area contributed by atoms with E-state index in [1.807, 2.05) is 0 Å². The lowest BCUT2D eigenvalue weighted by Gasteiger charge is -2.14. The molecule has 1 amide bonds. The van der Waals surface area contributed by atoms with Gasteiger partial charge in [-0.15, -0.1) is 0 Å². The molecule has 106 valence electrons. The number of amides is 1. The number of rotatable bonds is 4. The number of halogens is 2. The van der Waals surface area contributed by atoms with Crippen LogP contribution in [0, 0.1) is 0 Å². The number of likely N-dealkylation sites (N-methyl/N-ethyl adjacent to an activating group) is 1. The standard InChI is InChI=1S/C10H12BrClN2O4S/c1-14(2)9(15)5-18-10-7(12)3-6(11)4-8(10)19(13,16)17/h3-4H,5H2,1-2H3,(H2,13,16,17). The van der Waals surface area contributed by atoms with Crippen LogP contribution >= 0.6 is 27.5 Å². The SMILES string of the molecule is CN(C)C(=O)COc1c(Cl)cc(Br)cc1S(N)(=O)=O. The average Bonchev–Trinajstić information content (AvgIpc) is 2.25. The molecule has 6 nitrogen and oxygen atoms in total. The third-order valence-electron chi connectivity index (χ3n) is 2.12. The van der Waals surface area contributed by atoms with E-state index in [0.29, 0.717) is 4.47 Å². The maximum atomic E-state index is 11.5. The van der Waals surface area contributed by atoms with E-state index in [1.54, 1.807) is 14.1 Å². The van der Waals surface area contributed by atoms with Crippen LogP contribution < -0.4 is 9.88 Å². The van der Waals surface area contributed by atoms with Crippen LogP contribution in [0.3, 0.4) is 0 Å². The molecule has 1 aromatic carbocycles. The van der Waals surface area contributed by atoms with E-state index < -0.39 is 10.0 Å². The van der Waals surface area contributed by atoms with Crippen molar-refractivity contribution in [2.75, 3.05) is 20.7 Å². The number of nitrogens with zero attached hydrogens (tertiary/aromatic N) is 1. The summed E-state index contributed by atoms with van der Waals surface area (Å²) in [6.45, 7) is -0.336. The summed E-state index contributed by atoms with van der Waals surface area (Å²) in [6.07, 6.45) is 0. The summed E-state index contributed by atoms with van der Waals surface area (Å²) in [4.78, 5) is 12.5. The first kappa shape index (κ1) is 16.2. The van der Waals surface area contributed by atoms with E-state index in [0.717, 1.165) is 0 Å². The fourth-order valence-corrected chi connectivity index (χ4v) is 2.94. The second-order valence-corrected chi connectivity index (χ2v) is 6.69. The molecule has 0 aromatic heterocycles. The summed E-state index contributed by atoms with van der Waals surface area (Å²) in [5, 5.41) is 5.13. The molecule has 0 saturated heterocycles. The van der Waals surface area contributed by atoms with Gasteiger partial charge < -0.3 is 9.64 Å². The van der Waals surface area contributed by atoms with Gasteiger partial charge in [0.15, 0.2) is 12.4 Å². The fraction of sp³-hybridized carbons (Fsp3) is 0.300. The molecule has 0 aliphatic carbocycles. The van der Waals surface area contributed by atoms with Gasteiger partial charge in [-0.1, -0.05) is 27.5 Å². The molecule has 0 aliphatic heterocycles. The van der Waals surface area contributed by atoms with E-state index in [2.05, 4.69) is 15.9 Å². The minimum Gasteiger partial charge on any atom is -0.481 e. The predicted molar refractivity (Wildman–Crippen MR) is 74.7 cm³/mol. The van der Waals surface area contributed by atoms with Crippen molar-refractivity contribution >= 4 is 43.5 Å². The molecule has 2 N–H and O–H groups in total. The van der Waals surface area contributed by atoms with Crippen LogP contribution in [0.2, 0.25) is 5.02 Å². The Morgan fingerprint density at radius 3 is 2.53 bits per heavy atom. The number of hydrogen-bond acceptors (Lipinski definition) is 4. The molecule has 1 aromatic rings. The largest absolute Gasteiger partial charge is 0.481 e. The number of ether oxygens (including phenoxy) is 1. The zero-order valence-corrected chi connectivity index (χ0v) is 13.3. The average molecular weight is 372 g/mol. The van der Waals surface area contributed by atoms with Gasteiger partial charge in [0, 0.05) is 18.6 Å². The van der Waals surface area contributed by atoms with Crippen LogP contribution in [0.15, 0.2) is 21.5 Å². The molecule has 0 saturated carbocycles. The van der Waals surface area contributed by atoms with Crippen molar-refractivity contribution in [2.45, 2.75) is 4.90 Å². The Labute approximate surface area is 124 Å². The smallest absolute Gasteiger partial charge is 0.259 e. The normalized spacial score (nSPS) is 11.2. The molecule has 0 atom stereocenters. The van der Waals surface area contributed by atoms with Crippen molar-refractivity contribution in [3.63, 3.8) is 0 Å². The lowest BCUT2D eigenvalue weighted by Crippen LogP contribution is -2.28. The highest BCUT2D eigenvalue weighted by Crippen LogP contribution is 2.34. The Bertz CT molecular complexity index is 604. The first-order valence-corrected chi connectivity index (χ1v) is 7.69. The third kappa shape index (κ3) is 4.34. The molecule has 0 fully saturated rings. The second kappa shape index (κ2) is 6.08. The van der Waals surface area contributed by atoms with Crippen LogP contribution in [0.5, 0.6) is 5.75 Å². The zero-order valence-electron chi connectivity index (χ0n) is 10.2. The molecule has 0 radical (unpaired) electrons. The van der Waals surface area contributed by atoms with Gasteiger partial charge in [-0.25, -0.2) is 13.6 Å². The number of benzene rings is 1. The summed E-state index contributed by atoms with van der Waals surface area (Å²) in [5.41, 5.74) is 0. The predicted octanol–water partition coefficient (Wildman–Crippen LogP) is 1.22. The summed E-state index contributed by atoms with van der Waals surface area (Å²) < 4.78 is 28.5. The topological polar surface area (TPSA) is 89.7 Å². The van der Waals surface area contributed by atoms with Crippen molar-refractivity contribution in [2.24, 2.45) is 5.14 Å². The maximum absolute atomic E-state index is 11.5. The van der Waals surface area contributed by atoms with Crippen molar-refractivity contribution in [1.29, 1.82) is 0 Å². The van der Waals surface area contributed by atoms with Crippen LogP contribution in [-0.2, 0) is 14.8 Å². The number of hydrogen-bond donors (Lipinski definition) is 1. The van der Waals surface area contributed by atoms with Crippen molar-refractivity contribution in [1.82, 2.24) is 4.90 Å². The number of nitrogens with two attached hydrogens (primary N) is 1. The van der Waals surface area contributed by atoms with Crippen LogP contribution in [-0.4, -0.2) is 39.9 Å². The van der Waals surface area contributed by atoms with E-state index >= 15 is 0 Å². The molecule has 19 heavy (non-hydrogen) atoms. The van der Waals surface area contributed by atoms with E-state index in [4.69, 9.17) is 21.5 Å². The van der Waals surface area contributed by atoms with Crippen LogP contribution in [0.1, 0.15) is 0 Å². The summed E-state index contributed by atoms with van der Waals surface area (Å²) >= 11 is 9.01. The minimum absolute atomic E-state index is 0.0463. The van der Waals surface area contributed by atoms with Gasteiger partial charge in [-0.3, -0.25) is 4.79 Å². The Morgan fingerprint density at radius 1 is 1.47 bits per heavy atom. The van der Waals surface area contributed by atoms with E-state index in [-0.39, 0.29) is 28.2 Å². The molecule has 1 rings (SSSR count). The van der Waals surface area contributed by atoms with Gasteiger partial charge in [-0.05, 0) is 12.1 Å². The Morgan fingerprint density at radius 2 is 2.05 bits per heavy atom. The monoisotopic (exact) mass is 370 g/mol. The zero-order chi connectivity index (χ0) is 14.8. The van der Waals surface area contributed by atoms with Gasteiger partial charge in [0.1, 0.15) is 4.90 Å². The molecule has 9 heteroatoms. The van der Waals surface area contributed by atoms with Crippen molar-refractivity contribution in [3.8, 4) is 5.75 Å². The van der Waals surface area contributed by atoms with Crippen molar-refractivity contribution < 1.29 is 17.9 Å². The van der Waals surface area contributed by atoms with Gasteiger partial charge in [0.25, 0.3) is 5.91 Å². The molecule has 0 aliphatic rings. The van der Waals surface area contributed by atoms with Gasteiger partial charge in [0.2, 0.25) is 10.0 Å². The molecular formula is C10H12BrClN2O4S. The molecule has 0 bridgehead atoms. The summed E-state index contributed by atoms with van der Waals surface area (Å²) in [7, 11) is -0.909. The summed E-state index contributed by atoms with van der Waals surface area (Å²) in [5.74, 6) is -0.470. The number of sulfonamides is 1. The Hall–Kier alpha value is -0.830. The van der Waals surface area contributed by atoms with E-state index in [1.165, 1.54) is 17.0 Å². The van der Waals surface area contributed by atoms with E-state index in [9.17, 15) is 13.2 Å².